The number of halogens is 2. The van der Waals surface area contributed by atoms with E-state index in [1.165, 1.54) is 23.1 Å². The lowest BCUT2D eigenvalue weighted by Crippen LogP contribution is -1.78. The highest BCUT2D eigenvalue weighted by molar-refractivity contribution is 6.38. The van der Waals surface area contributed by atoms with Crippen molar-refractivity contribution in [1.82, 2.24) is 4.98 Å². The molecule has 2 aromatic rings. The molecule has 0 bridgehead atoms. The number of aromatic amines is 1. The normalized spacial score (nSPS) is 15.0. The Morgan fingerprint density at radius 1 is 1.14 bits per heavy atom. The summed E-state index contributed by atoms with van der Waals surface area (Å²) in [4.78, 5) is 3.39. The van der Waals surface area contributed by atoms with Gasteiger partial charge < -0.3 is 4.98 Å². The Morgan fingerprint density at radius 2 is 2.00 bits per heavy atom. The summed E-state index contributed by atoms with van der Waals surface area (Å²) in [5.74, 6) is 0. The Kier molecular flexibility index (Phi) is 1.80. The Labute approximate surface area is 92.0 Å². The van der Waals surface area contributed by atoms with Crippen LogP contribution in [0.5, 0.6) is 0 Å². The highest BCUT2D eigenvalue weighted by Crippen LogP contribution is 2.36. The van der Waals surface area contributed by atoms with Crippen molar-refractivity contribution in [3.05, 3.63) is 33.4 Å². The predicted octanol–water partition coefficient (Wildman–Crippen LogP) is 3.96. The molecule has 1 heterocycles. The zero-order chi connectivity index (χ0) is 9.71. The molecule has 0 unspecified atom stereocenters. The molecule has 3 heteroatoms. The van der Waals surface area contributed by atoms with Gasteiger partial charge in [-0.2, -0.15) is 0 Å². The molecule has 72 valence electrons. The van der Waals surface area contributed by atoms with Crippen LogP contribution in [-0.2, 0) is 12.8 Å². The minimum Gasteiger partial charge on any atom is -0.358 e. The minimum absolute atomic E-state index is 0.697. The molecular formula is C11H9Cl2N. The molecule has 0 saturated heterocycles. The lowest BCUT2D eigenvalue weighted by molar-refractivity contribution is 0.899. The topological polar surface area (TPSA) is 15.8 Å². The second-order valence-corrected chi connectivity index (χ2v) is 4.59. The van der Waals surface area contributed by atoms with Crippen LogP contribution in [0.1, 0.15) is 17.7 Å². The Bertz CT molecular complexity index is 513. The van der Waals surface area contributed by atoms with Gasteiger partial charge in [0.2, 0.25) is 0 Å². The third kappa shape index (κ3) is 1.09. The van der Waals surface area contributed by atoms with Crippen LogP contribution >= 0.6 is 23.2 Å². The summed E-state index contributed by atoms with van der Waals surface area (Å²) < 4.78 is 0. The second kappa shape index (κ2) is 2.91. The van der Waals surface area contributed by atoms with Crippen molar-refractivity contribution in [1.29, 1.82) is 0 Å². The van der Waals surface area contributed by atoms with Crippen molar-refractivity contribution < 1.29 is 0 Å². The van der Waals surface area contributed by atoms with E-state index in [4.69, 9.17) is 23.2 Å². The Hall–Kier alpha value is -0.660. The van der Waals surface area contributed by atoms with Crippen LogP contribution < -0.4 is 0 Å². The number of hydrogen-bond acceptors (Lipinski definition) is 0. The lowest BCUT2D eigenvalue weighted by Gasteiger charge is -1.98. The van der Waals surface area contributed by atoms with E-state index in [2.05, 4.69) is 4.98 Å². The van der Waals surface area contributed by atoms with E-state index in [9.17, 15) is 0 Å². The summed E-state index contributed by atoms with van der Waals surface area (Å²) in [7, 11) is 0. The number of benzene rings is 1. The standard InChI is InChI=1S/C11H9Cl2N/c12-6-4-8(13)11-7-2-1-3-9(7)14-10(11)5-6/h4-5,14H,1-3H2. The zero-order valence-electron chi connectivity index (χ0n) is 7.53. The van der Waals surface area contributed by atoms with E-state index in [-0.39, 0.29) is 0 Å². The maximum absolute atomic E-state index is 6.18. The second-order valence-electron chi connectivity index (χ2n) is 3.75. The fourth-order valence-electron chi connectivity index (χ4n) is 2.30. The summed E-state index contributed by atoms with van der Waals surface area (Å²) in [6.45, 7) is 0. The number of rotatable bonds is 0. The van der Waals surface area contributed by atoms with Gasteiger partial charge in [-0.15, -0.1) is 0 Å². The fraction of sp³-hybridized carbons (Fsp3) is 0.273. The zero-order valence-corrected chi connectivity index (χ0v) is 9.04. The highest BCUT2D eigenvalue weighted by atomic mass is 35.5. The average molecular weight is 226 g/mol. The molecule has 0 amide bonds. The van der Waals surface area contributed by atoms with Gasteiger partial charge in [-0.25, -0.2) is 0 Å². The van der Waals surface area contributed by atoms with Crippen molar-refractivity contribution in [2.24, 2.45) is 0 Å². The van der Waals surface area contributed by atoms with Crippen LogP contribution in [0.4, 0.5) is 0 Å². The third-order valence-electron chi connectivity index (χ3n) is 2.86. The van der Waals surface area contributed by atoms with Gasteiger partial charge in [0.15, 0.2) is 0 Å². The molecule has 0 saturated carbocycles. The average Bonchev–Trinajstić information content (AvgIpc) is 2.60. The summed E-state index contributed by atoms with van der Waals surface area (Å²) >= 11 is 12.1. The molecule has 0 aliphatic heterocycles. The number of hydrogen-bond donors (Lipinski definition) is 1. The lowest BCUT2D eigenvalue weighted by atomic mass is 10.1. The Morgan fingerprint density at radius 3 is 2.86 bits per heavy atom. The van der Waals surface area contributed by atoms with Gasteiger partial charge in [-0.1, -0.05) is 23.2 Å². The first-order valence-corrected chi connectivity index (χ1v) is 5.50. The molecule has 3 rings (SSSR count). The van der Waals surface area contributed by atoms with Gasteiger partial charge in [0.25, 0.3) is 0 Å². The number of H-pyrrole nitrogens is 1. The van der Waals surface area contributed by atoms with Gasteiger partial charge in [-0.3, -0.25) is 0 Å². The van der Waals surface area contributed by atoms with Gasteiger partial charge in [0, 0.05) is 21.6 Å². The smallest absolute Gasteiger partial charge is 0.0517 e. The number of fused-ring (bicyclic) bond motifs is 3. The largest absolute Gasteiger partial charge is 0.358 e. The van der Waals surface area contributed by atoms with Crippen molar-refractivity contribution >= 4 is 34.1 Å². The Balaban J connectivity index is 2.43. The maximum Gasteiger partial charge on any atom is 0.0517 e. The summed E-state index contributed by atoms with van der Waals surface area (Å²) in [5, 5.41) is 2.64. The minimum atomic E-state index is 0.697. The van der Waals surface area contributed by atoms with Crippen LogP contribution in [0.25, 0.3) is 10.9 Å². The van der Waals surface area contributed by atoms with Crippen molar-refractivity contribution in [3.8, 4) is 0 Å². The molecule has 1 nitrogen and oxygen atoms in total. The van der Waals surface area contributed by atoms with E-state index in [1.54, 1.807) is 0 Å². The molecule has 1 N–H and O–H groups in total. The molecule has 1 aliphatic carbocycles. The third-order valence-corrected chi connectivity index (χ3v) is 3.38. The molecule has 1 aromatic heterocycles. The van der Waals surface area contributed by atoms with E-state index >= 15 is 0 Å². The van der Waals surface area contributed by atoms with E-state index in [1.807, 2.05) is 12.1 Å². The monoisotopic (exact) mass is 225 g/mol. The number of aryl methyl sites for hydroxylation is 2. The van der Waals surface area contributed by atoms with Crippen LogP contribution in [0.3, 0.4) is 0 Å². The quantitative estimate of drug-likeness (QED) is 0.699. The van der Waals surface area contributed by atoms with Gasteiger partial charge in [0.1, 0.15) is 0 Å². The molecule has 0 spiro atoms. The molecule has 1 aliphatic rings. The molecule has 0 radical (unpaired) electrons. The van der Waals surface area contributed by atoms with Crippen LogP contribution in [-0.4, -0.2) is 4.98 Å². The van der Waals surface area contributed by atoms with Crippen molar-refractivity contribution in [2.45, 2.75) is 19.3 Å². The fourth-order valence-corrected chi connectivity index (χ4v) is 2.91. The molecule has 1 aromatic carbocycles. The van der Waals surface area contributed by atoms with E-state index in [0.717, 1.165) is 23.4 Å². The maximum atomic E-state index is 6.18. The van der Waals surface area contributed by atoms with E-state index < -0.39 is 0 Å². The number of nitrogens with one attached hydrogen (secondary N) is 1. The molecule has 0 fully saturated rings. The van der Waals surface area contributed by atoms with Crippen LogP contribution in [0, 0.1) is 0 Å². The summed E-state index contributed by atoms with van der Waals surface area (Å²) in [5.41, 5.74) is 3.80. The molecule has 0 atom stereocenters. The SMILES string of the molecule is Clc1cc(Cl)c2c3c([nH]c2c1)CCC3. The van der Waals surface area contributed by atoms with Gasteiger partial charge in [0.05, 0.1) is 5.02 Å². The molecular weight excluding hydrogens is 217 g/mol. The number of aromatic nitrogens is 1. The van der Waals surface area contributed by atoms with Gasteiger partial charge in [-0.05, 0) is 37.0 Å². The summed E-state index contributed by atoms with van der Waals surface area (Å²) in [6, 6.07) is 3.76. The predicted molar refractivity (Wildman–Crippen MR) is 60.3 cm³/mol. The van der Waals surface area contributed by atoms with E-state index in [0.29, 0.717) is 5.02 Å². The highest BCUT2D eigenvalue weighted by Gasteiger charge is 2.18. The molecule has 14 heavy (non-hydrogen) atoms. The first kappa shape index (κ1) is 8.63. The first-order chi connectivity index (χ1) is 6.75. The summed E-state index contributed by atoms with van der Waals surface area (Å²) in [6.07, 6.45) is 3.50. The van der Waals surface area contributed by atoms with Crippen molar-refractivity contribution in [3.63, 3.8) is 0 Å². The van der Waals surface area contributed by atoms with Crippen LogP contribution in [0.15, 0.2) is 12.1 Å². The van der Waals surface area contributed by atoms with Gasteiger partial charge >= 0.3 is 0 Å². The van der Waals surface area contributed by atoms with Crippen LogP contribution in [0.2, 0.25) is 10.0 Å². The van der Waals surface area contributed by atoms with Crippen molar-refractivity contribution in [2.75, 3.05) is 0 Å². The first-order valence-electron chi connectivity index (χ1n) is 4.74.